The number of nitrogens with zero attached hydrogens (tertiary/aromatic N) is 2. The van der Waals surface area contributed by atoms with Crippen LogP contribution in [0.3, 0.4) is 0 Å². The van der Waals surface area contributed by atoms with E-state index in [2.05, 4.69) is 10.4 Å². The summed E-state index contributed by atoms with van der Waals surface area (Å²) in [6.07, 6.45) is 3.00. The lowest BCUT2D eigenvalue weighted by atomic mass is 9.52. The van der Waals surface area contributed by atoms with Crippen LogP contribution < -0.4 is 5.32 Å². The molecule has 3 aromatic rings. The number of rotatable bonds is 7. The molecule has 3 fully saturated rings. The molecule has 8 nitrogen and oxygen atoms in total. The third kappa shape index (κ3) is 4.54. The number of halogens is 3. The van der Waals surface area contributed by atoms with Gasteiger partial charge in [-0.25, -0.2) is 17.2 Å². The van der Waals surface area contributed by atoms with Crippen LogP contribution in [0.4, 0.5) is 14.5 Å². The summed E-state index contributed by atoms with van der Waals surface area (Å²) in [7, 11) is -3.99. The van der Waals surface area contributed by atoms with Crippen LogP contribution in [0, 0.1) is 23.5 Å². The number of hydrogen-bond acceptors (Lipinski definition) is 6. The van der Waals surface area contributed by atoms with Crippen LogP contribution in [0.5, 0.6) is 0 Å². The molecule has 3 unspecified atom stereocenters. The van der Waals surface area contributed by atoms with E-state index in [1.807, 2.05) is 0 Å². The lowest BCUT2D eigenvalue weighted by Crippen LogP contribution is -2.68. The van der Waals surface area contributed by atoms with Crippen molar-refractivity contribution in [2.75, 3.05) is 5.32 Å². The van der Waals surface area contributed by atoms with Crippen molar-refractivity contribution in [2.45, 2.75) is 47.7 Å². The lowest BCUT2D eigenvalue weighted by Gasteiger charge is -2.60. The number of anilines is 1. The summed E-state index contributed by atoms with van der Waals surface area (Å²) >= 11 is 6.24. The molecule has 196 valence electrons. The fourth-order valence-corrected chi connectivity index (χ4v) is 7.95. The summed E-state index contributed by atoms with van der Waals surface area (Å²) < 4.78 is 55.3. The maximum absolute atomic E-state index is 13.6. The quantitative estimate of drug-likeness (QED) is 0.414. The fourth-order valence-electron chi connectivity index (χ4n) is 5.54. The summed E-state index contributed by atoms with van der Waals surface area (Å²) in [5, 5.41) is 27.5. The minimum absolute atomic E-state index is 0.00332. The zero-order valence-corrected chi connectivity index (χ0v) is 21.0. The first kappa shape index (κ1) is 25.8. The first-order chi connectivity index (χ1) is 17.5. The van der Waals surface area contributed by atoms with E-state index in [1.54, 1.807) is 18.5 Å². The molecule has 6 rings (SSSR count). The van der Waals surface area contributed by atoms with Crippen molar-refractivity contribution < 1.29 is 32.2 Å². The number of nitrogens with one attached hydrogen (secondary N) is 1. The van der Waals surface area contributed by atoms with Gasteiger partial charge >= 0.3 is 0 Å². The van der Waals surface area contributed by atoms with Gasteiger partial charge in [-0.3, -0.25) is 9.48 Å². The van der Waals surface area contributed by atoms with Crippen molar-refractivity contribution in [3.8, 4) is 0 Å². The average Bonchev–Trinajstić information content (AvgIpc) is 3.38. The molecule has 3 aliphatic rings. The van der Waals surface area contributed by atoms with Crippen molar-refractivity contribution >= 4 is 33.0 Å². The Morgan fingerprint density at radius 3 is 2.54 bits per heavy atom. The van der Waals surface area contributed by atoms with Crippen molar-refractivity contribution in [2.24, 2.45) is 11.8 Å². The smallest absolute Gasteiger partial charge is 0.255 e. The summed E-state index contributed by atoms with van der Waals surface area (Å²) in [5.41, 5.74) is -1.43. The maximum atomic E-state index is 13.6. The molecule has 3 atom stereocenters. The molecule has 2 bridgehead atoms. The van der Waals surface area contributed by atoms with Crippen molar-refractivity contribution in [3.63, 3.8) is 0 Å². The standard InChI is InChI=1S/C25H24ClF2N3O5S/c26-19-4-2-14(24(33)30-17-3-5-20(27)21(28)12-17)8-22(19)37(35,36)18-10-15-9-16(11-18)25(15,34)23(32)13-31-7-1-6-29-31/h1-8,12,15-16,18,23,32,34H,9-11,13H2,(H,30,33)/t15?,16?,18-,23?,25-. The molecular formula is C25H24ClF2N3O5S. The highest BCUT2D eigenvalue weighted by atomic mass is 35.5. The van der Waals surface area contributed by atoms with Crippen molar-refractivity contribution in [1.82, 2.24) is 9.78 Å². The van der Waals surface area contributed by atoms with Crippen molar-refractivity contribution in [3.05, 3.63) is 77.1 Å². The van der Waals surface area contributed by atoms with Gasteiger partial charge in [0.1, 0.15) is 6.10 Å². The maximum Gasteiger partial charge on any atom is 0.255 e. The van der Waals surface area contributed by atoms with Gasteiger partial charge in [0, 0.05) is 29.7 Å². The molecule has 0 radical (unpaired) electrons. The number of carbonyl (C=O) groups excluding carboxylic acids is 1. The molecular weight excluding hydrogens is 528 g/mol. The lowest BCUT2D eigenvalue weighted by molar-refractivity contribution is -0.234. The highest BCUT2D eigenvalue weighted by Crippen LogP contribution is 2.57. The third-order valence-corrected chi connectivity index (χ3v) is 10.2. The van der Waals surface area contributed by atoms with Crippen LogP contribution in [0.25, 0.3) is 0 Å². The van der Waals surface area contributed by atoms with Crippen molar-refractivity contribution in [1.29, 1.82) is 0 Å². The Morgan fingerprint density at radius 2 is 1.89 bits per heavy atom. The van der Waals surface area contributed by atoms with Gasteiger partial charge in [-0.1, -0.05) is 11.6 Å². The number of hydrogen-bond donors (Lipinski definition) is 3. The number of aliphatic hydroxyl groups excluding tert-OH is 1. The molecule has 1 amide bonds. The van der Waals surface area contributed by atoms with Crippen LogP contribution in [-0.2, 0) is 16.4 Å². The molecule has 12 heteroatoms. The Labute approximate surface area is 216 Å². The second kappa shape index (κ2) is 9.46. The van der Waals surface area contributed by atoms with E-state index < -0.39 is 56.2 Å². The van der Waals surface area contributed by atoms with Gasteiger partial charge in [-0.05, 0) is 67.5 Å². The van der Waals surface area contributed by atoms with Gasteiger partial charge in [0.15, 0.2) is 21.5 Å². The van der Waals surface area contributed by atoms with Gasteiger partial charge in [0.2, 0.25) is 0 Å². The molecule has 0 spiro atoms. The molecule has 0 saturated heterocycles. The number of aromatic nitrogens is 2. The van der Waals surface area contributed by atoms with Crippen LogP contribution in [0.15, 0.2) is 59.8 Å². The number of sulfone groups is 1. The summed E-state index contributed by atoms with van der Waals surface area (Å²) in [6.45, 7) is 0.0921. The van der Waals surface area contributed by atoms with E-state index in [0.717, 1.165) is 18.2 Å². The predicted molar refractivity (Wildman–Crippen MR) is 131 cm³/mol. The predicted octanol–water partition coefficient (Wildman–Crippen LogP) is 3.43. The van der Waals surface area contributed by atoms with E-state index >= 15 is 0 Å². The molecule has 3 N–H and O–H groups in total. The number of fused-ring (bicyclic) bond motifs is 2. The van der Waals surface area contributed by atoms with Crippen LogP contribution in [0.2, 0.25) is 5.02 Å². The Balaban J connectivity index is 1.33. The van der Waals surface area contributed by atoms with E-state index in [4.69, 9.17) is 11.6 Å². The molecule has 0 aliphatic heterocycles. The molecule has 37 heavy (non-hydrogen) atoms. The monoisotopic (exact) mass is 551 g/mol. The summed E-state index contributed by atoms with van der Waals surface area (Å²) in [4.78, 5) is 12.5. The van der Waals surface area contributed by atoms with Gasteiger partial charge in [-0.15, -0.1) is 0 Å². The summed E-state index contributed by atoms with van der Waals surface area (Å²) in [5.74, 6) is -3.76. The first-order valence-corrected chi connectivity index (χ1v) is 13.6. The SMILES string of the molecule is O=C(Nc1ccc(F)c(F)c1)c1ccc(Cl)c(S(=O)(=O)[C@H]2CC3CC(C2)[C@]3(O)C(O)Cn2cccn2)c1. The third-order valence-electron chi connectivity index (χ3n) is 7.54. The summed E-state index contributed by atoms with van der Waals surface area (Å²) in [6, 6.07) is 8.35. The Kier molecular flexibility index (Phi) is 6.59. The van der Waals surface area contributed by atoms with Crippen LogP contribution in [-0.4, -0.2) is 51.3 Å². The second-order valence-electron chi connectivity index (χ2n) is 9.63. The molecule has 3 aliphatic carbocycles. The number of amides is 1. The number of benzene rings is 2. The van der Waals surface area contributed by atoms with Crippen LogP contribution in [0.1, 0.15) is 29.6 Å². The first-order valence-electron chi connectivity index (χ1n) is 11.7. The van der Waals surface area contributed by atoms with Gasteiger partial charge in [0.25, 0.3) is 5.91 Å². The highest BCUT2D eigenvalue weighted by molar-refractivity contribution is 7.92. The average molecular weight is 552 g/mol. The Bertz CT molecular complexity index is 1440. The highest BCUT2D eigenvalue weighted by Gasteiger charge is 2.63. The van der Waals surface area contributed by atoms with Gasteiger partial charge < -0.3 is 15.5 Å². The van der Waals surface area contributed by atoms with E-state index in [1.165, 1.54) is 22.9 Å². The second-order valence-corrected chi connectivity index (χ2v) is 12.2. The number of carbonyl (C=O) groups is 1. The minimum Gasteiger partial charge on any atom is -0.388 e. The Hall–Kier alpha value is -2.86. The zero-order valence-electron chi connectivity index (χ0n) is 19.4. The molecule has 3 saturated carbocycles. The molecule has 2 aromatic carbocycles. The normalized spacial score (nSPS) is 25.8. The van der Waals surface area contributed by atoms with E-state index in [9.17, 15) is 32.2 Å². The topological polar surface area (TPSA) is 122 Å². The Morgan fingerprint density at radius 1 is 1.16 bits per heavy atom. The molecule has 1 heterocycles. The zero-order chi connectivity index (χ0) is 26.5. The largest absolute Gasteiger partial charge is 0.388 e. The van der Waals surface area contributed by atoms with Gasteiger partial charge in [0.05, 0.1) is 27.3 Å². The minimum atomic E-state index is -3.99. The number of aliphatic hydroxyl groups is 2. The fraction of sp³-hybridized carbons (Fsp3) is 0.360. The molecule has 1 aromatic heterocycles. The van der Waals surface area contributed by atoms with Crippen LogP contribution >= 0.6 is 11.6 Å². The van der Waals surface area contributed by atoms with E-state index in [-0.39, 0.29) is 40.6 Å². The van der Waals surface area contributed by atoms with Gasteiger partial charge in [-0.2, -0.15) is 5.10 Å². The van der Waals surface area contributed by atoms with E-state index in [0.29, 0.717) is 6.42 Å².